The molecule has 0 saturated heterocycles. The van der Waals surface area contributed by atoms with Crippen LogP contribution in [0.2, 0.25) is 0 Å². The molecule has 0 aliphatic rings. The van der Waals surface area contributed by atoms with Crippen molar-refractivity contribution in [3.8, 4) is 0 Å². The molecular formula is C11H7NO. The fourth-order valence-electron chi connectivity index (χ4n) is 1.59. The van der Waals surface area contributed by atoms with Crippen molar-refractivity contribution in [3.63, 3.8) is 0 Å². The summed E-state index contributed by atoms with van der Waals surface area (Å²) in [5, 5.41) is 2.31. The summed E-state index contributed by atoms with van der Waals surface area (Å²) in [4.78, 5) is 4.10. The number of hydrogen-bond donors (Lipinski definition) is 0. The zero-order valence-electron chi connectivity index (χ0n) is 6.90. The molecule has 0 radical (unpaired) electrons. The van der Waals surface area contributed by atoms with Crippen LogP contribution in [0.4, 0.5) is 0 Å². The molecule has 1 aromatic heterocycles. The van der Waals surface area contributed by atoms with Crippen LogP contribution in [-0.2, 0) is 0 Å². The summed E-state index contributed by atoms with van der Waals surface area (Å²) < 4.78 is 5.32. The maximum absolute atomic E-state index is 5.32. The number of benzene rings is 2. The Kier molecular flexibility index (Phi) is 1.19. The summed E-state index contributed by atoms with van der Waals surface area (Å²) in [5.41, 5.74) is 1.79. The third kappa shape index (κ3) is 0.855. The summed E-state index contributed by atoms with van der Waals surface area (Å²) in [6.45, 7) is 0. The summed E-state index contributed by atoms with van der Waals surface area (Å²) >= 11 is 0. The minimum atomic E-state index is 0.873. The molecule has 3 rings (SSSR count). The van der Waals surface area contributed by atoms with Crippen LogP contribution >= 0.6 is 0 Å². The van der Waals surface area contributed by atoms with E-state index >= 15 is 0 Å². The predicted molar refractivity (Wildman–Crippen MR) is 51.5 cm³/mol. The molecule has 0 unspecified atom stereocenters. The highest BCUT2D eigenvalue weighted by Crippen LogP contribution is 2.23. The lowest BCUT2D eigenvalue weighted by molar-refractivity contribution is 0.605. The summed E-state index contributed by atoms with van der Waals surface area (Å²) in [6, 6.07) is 12.2. The molecule has 0 aliphatic carbocycles. The van der Waals surface area contributed by atoms with E-state index in [2.05, 4.69) is 17.1 Å². The smallest absolute Gasteiger partial charge is 0.182 e. The molecule has 1 heterocycles. The lowest BCUT2D eigenvalue weighted by atomic mass is 10.1. The number of aromatic nitrogens is 1. The number of rotatable bonds is 0. The molecule has 0 saturated carbocycles. The predicted octanol–water partition coefficient (Wildman–Crippen LogP) is 2.98. The van der Waals surface area contributed by atoms with Crippen LogP contribution in [0.3, 0.4) is 0 Å². The van der Waals surface area contributed by atoms with Crippen LogP contribution in [0, 0.1) is 0 Å². The van der Waals surface area contributed by atoms with Gasteiger partial charge < -0.3 is 4.42 Å². The van der Waals surface area contributed by atoms with Gasteiger partial charge in [-0.25, -0.2) is 4.98 Å². The first-order chi connectivity index (χ1) is 6.45. The summed E-state index contributed by atoms with van der Waals surface area (Å²) in [5.74, 6) is 0. The number of oxazole rings is 1. The SMILES string of the molecule is c1ccc2c(c1)ccc1ncoc12. The minimum Gasteiger partial charge on any atom is -0.443 e. The van der Waals surface area contributed by atoms with Crippen molar-refractivity contribution >= 4 is 21.9 Å². The molecule has 0 amide bonds. The Bertz CT molecular complexity index is 568. The molecule has 13 heavy (non-hydrogen) atoms. The number of hydrogen-bond acceptors (Lipinski definition) is 2. The highest BCUT2D eigenvalue weighted by Gasteiger charge is 2.02. The summed E-state index contributed by atoms with van der Waals surface area (Å²) in [6.07, 6.45) is 1.48. The second-order valence-electron chi connectivity index (χ2n) is 2.99. The molecule has 0 atom stereocenters. The van der Waals surface area contributed by atoms with Gasteiger partial charge in [0.15, 0.2) is 12.0 Å². The molecule has 0 spiro atoms. The van der Waals surface area contributed by atoms with Crippen molar-refractivity contribution in [2.45, 2.75) is 0 Å². The Morgan fingerprint density at radius 2 is 1.92 bits per heavy atom. The Balaban J connectivity index is 2.65. The first kappa shape index (κ1) is 6.66. The van der Waals surface area contributed by atoms with Crippen LogP contribution in [-0.4, -0.2) is 4.98 Å². The van der Waals surface area contributed by atoms with E-state index in [9.17, 15) is 0 Å². The summed E-state index contributed by atoms with van der Waals surface area (Å²) in [7, 11) is 0. The van der Waals surface area contributed by atoms with Gasteiger partial charge in [0.1, 0.15) is 5.52 Å². The second-order valence-corrected chi connectivity index (χ2v) is 2.99. The molecule has 0 aliphatic heterocycles. The second kappa shape index (κ2) is 2.33. The number of nitrogens with zero attached hydrogens (tertiary/aromatic N) is 1. The normalized spacial score (nSPS) is 11.1. The molecule has 2 nitrogen and oxygen atoms in total. The van der Waals surface area contributed by atoms with Crippen LogP contribution in [0.25, 0.3) is 21.9 Å². The monoisotopic (exact) mass is 169 g/mol. The Morgan fingerprint density at radius 1 is 1.00 bits per heavy atom. The Labute approximate surface area is 74.8 Å². The van der Waals surface area contributed by atoms with Gasteiger partial charge in [-0.15, -0.1) is 0 Å². The fraction of sp³-hybridized carbons (Fsp3) is 0. The highest BCUT2D eigenvalue weighted by molar-refractivity contribution is 6.02. The largest absolute Gasteiger partial charge is 0.443 e. The van der Waals surface area contributed by atoms with E-state index < -0.39 is 0 Å². The van der Waals surface area contributed by atoms with Crippen molar-refractivity contribution in [3.05, 3.63) is 42.8 Å². The lowest BCUT2D eigenvalue weighted by Crippen LogP contribution is -1.72. The van der Waals surface area contributed by atoms with Gasteiger partial charge in [0.25, 0.3) is 0 Å². The molecule has 0 bridgehead atoms. The zero-order valence-corrected chi connectivity index (χ0v) is 6.90. The van der Waals surface area contributed by atoms with E-state index in [1.165, 1.54) is 11.8 Å². The first-order valence-electron chi connectivity index (χ1n) is 4.16. The molecule has 3 aromatic rings. The van der Waals surface area contributed by atoms with Crippen LogP contribution < -0.4 is 0 Å². The molecule has 2 heteroatoms. The van der Waals surface area contributed by atoms with E-state index in [0.29, 0.717) is 0 Å². The van der Waals surface area contributed by atoms with Gasteiger partial charge in [-0.1, -0.05) is 30.3 Å². The zero-order chi connectivity index (χ0) is 8.67. The quantitative estimate of drug-likeness (QED) is 0.517. The average Bonchev–Trinajstić information content (AvgIpc) is 2.65. The topological polar surface area (TPSA) is 26.0 Å². The van der Waals surface area contributed by atoms with E-state index in [0.717, 1.165) is 16.5 Å². The van der Waals surface area contributed by atoms with Gasteiger partial charge in [0.05, 0.1) is 0 Å². The van der Waals surface area contributed by atoms with Gasteiger partial charge in [-0.05, 0) is 11.5 Å². The molecule has 2 aromatic carbocycles. The van der Waals surface area contributed by atoms with E-state index in [1.807, 2.05) is 24.3 Å². The minimum absolute atomic E-state index is 0.873. The molecule has 0 fully saturated rings. The van der Waals surface area contributed by atoms with Gasteiger partial charge in [0, 0.05) is 5.39 Å². The van der Waals surface area contributed by atoms with E-state index in [1.54, 1.807) is 0 Å². The first-order valence-corrected chi connectivity index (χ1v) is 4.16. The average molecular weight is 169 g/mol. The Hall–Kier alpha value is -1.83. The van der Waals surface area contributed by atoms with Gasteiger partial charge in [0.2, 0.25) is 0 Å². The third-order valence-corrected chi connectivity index (χ3v) is 2.22. The van der Waals surface area contributed by atoms with Crippen molar-refractivity contribution in [2.24, 2.45) is 0 Å². The van der Waals surface area contributed by atoms with Crippen molar-refractivity contribution in [2.75, 3.05) is 0 Å². The highest BCUT2D eigenvalue weighted by atomic mass is 16.3. The van der Waals surface area contributed by atoms with Gasteiger partial charge in [-0.3, -0.25) is 0 Å². The van der Waals surface area contributed by atoms with Crippen molar-refractivity contribution < 1.29 is 4.42 Å². The van der Waals surface area contributed by atoms with Crippen molar-refractivity contribution in [1.82, 2.24) is 4.98 Å². The standard InChI is InChI=1S/C11H7NO/c1-2-4-9-8(3-1)5-6-10-11(9)13-7-12-10/h1-7H. The van der Waals surface area contributed by atoms with Gasteiger partial charge >= 0.3 is 0 Å². The fourth-order valence-corrected chi connectivity index (χ4v) is 1.59. The third-order valence-electron chi connectivity index (χ3n) is 2.22. The van der Waals surface area contributed by atoms with Crippen LogP contribution in [0.1, 0.15) is 0 Å². The maximum Gasteiger partial charge on any atom is 0.182 e. The molecule has 0 N–H and O–H groups in total. The molecule has 62 valence electrons. The van der Waals surface area contributed by atoms with Gasteiger partial charge in [-0.2, -0.15) is 0 Å². The van der Waals surface area contributed by atoms with E-state index in [-0.39, 0.29) is 0 Å². The molecular weight excluding hydrogens is 162 g/mol. The lowest BCUT2D eigenvalue weighted by Gasteiger charge is -1.95. The number of fused-ring (bicyclic) bond motifs is 3. The van der Waals surface area contributed by atoms with Crippen molar-refractivity contribution in [1.29, 1.82) is 0 Å². The Morgan fingerprint density at radius 3 is 2.92 bits per heavy atom. The van der Waals surface area contributed by atoms with E-state index in [4.69, 9.17) is 4.42 Å². The maximum atomic E-state index is 5.32. The van der Waals surface area contributed by atoms with Crippen LogP contribution in [0.15, 0.2) is 47.2 Å². The van der Waals surface area contributed by atoms with Crippen LogP contribution in [0.5, 0.6) is 0 Å².